The summed E-state index contributed by atoms with van der Waals surface area (Å²) in [6, 6.07) is 6.39. The summed E-state index contributed by atoms with van der Waals surface area (Å²) < 4.78 is 30.5. The Labute approximate surface area is 84.5 Å². The minimum Gasteiger partial charge on any atom is -0.282 e. The average molecular weight is 214 g/mol. The molecule has 0 saturated heterocycles. The number of benzene rings is 1. The Morgan fingerprint density at radius 2 is 2.00 bits per heavy atom. The molecule has 0 atom stereocenters. The van der Waals surface area contributed by atoms with E-state index in [0.29, 0.717) is 5.92 Å². The Morgan fingerprint density at radius 3 is 2.50 bits per heavy atom. The van der Waals surface area contributed by atoms with Crippen LogP contribution in [0.1, 0.15) is 19.4 Å². The number of hydrogen-bond donors (Lipinski definition) is 1. The SMILES string of the molecule is CC(C)Cc1cccc(S(=O)(=O)O)c1. The summed E-state index contributed by atoms with van der Waals surface area (Å²) in [6.45, 7) is 4.11. The molecule has 0 amide bonds. The smallest absolute Gasteiger partial charge is 0.282 e. The lowest BCUT2D eigenvalue weighted by Crippen LogP contribution is -2.00. The van der Waals surface area contributed by atoms with Gasteiger partial charge in [-0.3, -0.25) is 4.55 Å². The summed E-state index contributed by atoms with van der Waals surface area (Å²) >= 11 is 0. The van der Waals surface area contributed by atoms with Crippen LogP contribution >= 0.6 is 0 Å². The summed E-state index contributed by atoms with van der Waals surface area (Å²) in [4.78, 5) is -0.0318. The van der Waals surface area contributed by atoms with E-state index in [1.165, 1.54) is 12.1 Å². The van der Waals surface area contributed by atoms with Crippen molar-refractivity contribution in [1.82, 2.24) is 0 Å². The molecule has 0 aliphatic rings. The van der Waals surface area contributed by atoms with Crippen molar-refractivity contribution in [3.05, 3.63) is 29.8 Å². The van der Waals surface area contributed by atoms with Gasteiger partial charge in [-0.2, -0.15) is 8.42 Å². The molecule has 0 heterocycles. The van der Waals surface area contributed by atoms with Crippen LogP contribution in [0.2, 0.25) is 0 Å². The Kier molecular flexibility index (Phi) is 3.29. The predicted octanol–water partition coefficient (Wildman–Crippen LogP) is 2.13. The van der Waals surface area contributed by atoms with E-state index < -0.39 is 10.1 Å². The van der Waals surface area contributed by atoms with Crippen LogP contribution in [0.3, 0.4) is 0 Å². The third-order valence-electron chi connectivity index (χ3n) is 1.84. The first kappa shape index (κ1) is 11.2. The van der Waals surface area contributed by atoms with Crippen LogP contribution in [-0.2, 0) is 16.5 Å². The highest BCUT2D eigenvalue weighted by Gasteiger charge is 2.09. The summed E-state index contributed by atoms with van der Waals surface area (Å²) in [7, 11) is -4.06. The molecule has 0 aliphatic heterocycles. The largest absolute Gasteiger partial charge is 0.294 e. The zero-order valence-corrected chi connectivity index (χ0v) is 9.08. The normalized spacial score (nSPS) is 12.0. The molecule has 0 unspecified atom stereocenters. The van der Waals surface area contributed by atoms with Crippen molar-refractivity contribution in [2.75, 3.05) is 0 Å². The van der Waals surface area contributed by atoms with Gasteiger partial charge in [0.25, 0.3) is 10.1 Å². The van der Waals surface area contributed by atoms with Crippen LogP contribution in [0, 0.1) is 5.92 Å². The highest BCUT2D eigenvalue weighted by Crippen LogP contribution is 2.14. The van der Waals surface area contributed by atoms with Crippen molar-refractivity contribution >= 4 is 10.1 Å². The van der Waals surface area contributed by atoms with E-state index in [-0.39, 0.29) is 4.90 Å². The van der Waals surface area contributed by atoms with Gasteiger partial charge in [0.05, 0.1) is 4.90 Å². The molecule has 1 aromatic rings. The topological polar surface area (TPSA) is 54.4 Å². The third-order valence-corrected chi connectivity index (χ3v) is 2.69. The standard InChI is InChI=1S/C10H14O3S/c1-8(2)6-9-4-3-5-10(7-9)14(11,12)13/h3-5,7-8H,6H2,1-2H3,(H,11,12,13). The van der Waals surface area contributed by atoms with Gasteiger partial charge in [0.15, 0.2) is 0 Å². The molecule has 0 radical (unpaired) electrons. The average Bonchev–Trinajstić information content (AvgIpc) is 2.01. The lowest BCUT2D eigenvalue weighted by molar-refractivity contribution is 0.483. The number of rotatable bonds is 3. The molecule has 0 bridgehead atoms. The first-order chi connectivity index (χ1) is 6.39. The summed E-state index contributed by atoms with van der Waals surface area (Å²) in [5, 5.41) is 0. The lowest BCUT2D eigenvalue weighted by Gasteiger charge is -2.05. The van der Waals surface area contributed by atoms with Crippen molar-refractivity contribution in [1.29, 1.82) is 0 Å². The van der Waals surface area contributed by atoms with Gasteiger partial charge in [-0.05, 0) is 30.0 Å². The first-order valence-electron chi connectivity index (χ1n) is 4.46. The second-order valence-electron chi connectivity index (χ2n) is 3.72. The Bertz CT molecular complexity index is 407. The predicted molar refractivity (Wildman–Crippen MR) is 54.8 cm³/mol. The maximum absolute atomic E-state index is 10.8. The molecule has 0 fully saturated rings. The maximum Gasteiger partial charge on any atom is 0.294 e. The zero-order chi connectivity index (χ0) is 10.8. The summed E-state index contributed by atoms with van der Waals surface area (Å²) in [5.74, 6) is 0.464. The van der Waals surface area contributed by atoms with E-state index in [2.05, 4.69) is 13.8 Å². The Balaban J connectivity index is 3.02. The van der Waals surface area contributed by atoms with E-state index in [9.17, 15) is 8.42 Å². The Hall–Kier alpha value is -0.870. The molecule has 1 N–H and O–H groups in total. The van der Waals surface area contributed by atoms with Gasteiger partial charge in [0, 0.05) is 0 Å². The first-order valence-corrected chi connectivity index (χ1v) is 5.90. The fourth-order valence-electron chi connectivity index (χ4n) is 1.30. The highest BCUT2D eigenvalue weighted by atomic mass is 32.2. The van der Waals surface area contributed by atoms with E-state index in [1.54, 1.807) is 6.07 Å². The van der Waals surface area contributed by atoms with Crippen LogP contribution in [0.15, 0.2) is 29.2 Å². The molecule has 0 aromatic heterocycles. The van der Waals surface area contributed by atoms with Gasteiger partial charge in [-0.25, -0.2) is 0 Å². The van der Waals surface area contributed by atoms with E-state index in [0.717, 1.165) is 12.0 Å². The quantitative estimate of drug-likeness (QED) is 0.784. The van der Waals surface area contributed by atoms with Gasteiger partial charge in [0.1, 0.15) is 0 Å². The van der Waals surface area contributed by atoms with Gasteiger partial charge >= 0.3 is 0 Å². The molecule has 1 rings (SSSR count). The molecular weight excluding hydrogens is 200 g/mol. The van der Waals surface area contributed by atoms with Gasteiger partial charge in [-0.1, -0.05) is 26.0 Å². The van der Waals surface area contributed by atoms with Crippen LogP contribution < -0.4 is 0 Å². The van der Waals surface area contributed by atoms with E-state index >= 15 is 0 Å². The number of hydrogen-bond acceptors (Lipinski definition) is 2. The van der Waals surface area contributed by atoms with Crippen LogP contribution in [0.25, 0.3) is 0 Å². The fourth-order valence-corrected chi connectivity index (χ4v) is 1.86. The highest BCUT2D eigenvalue weighted by molar-refractivity contribution is 7.85. The molecule has 14 heavy (non-hydrogen) atoms. The monoisotopic (exact) mass is 214 g/mol. The van der Waals surface area contributed by atoms with Crippen molar-refractivity contribution in [2.45, 2.75) is 25.2 Å². The molecule has 0 spiro atoms. The van der Waals surface area contributed by atoms with Crippen molar-refractivity contribution in [3.8, 4) is 0 Å². The molecule has 4 heteroatoms. The molecule has 1 aromatic carbocycles. The summed E-state index contributed by atoms with van der Waals surface area (Å²) in [6.07, 6.45) is 0.809. The van der Waals surface area contributed by atoms with Crippen molar-refractivity contribution in [2.24, 2.45) is 5.92 Å². The summed E-state index contributed by atoms with van der Waals surface area (Å²) in [5.41, 5.74) is 0.926. The molecule has 78 valence electrons. The zero-order valence-electron chi connectivity index (χ0n) is 8.27. The Morgan fingerprint density at radius 1 is 1.36 bits per heavy atom. The van der Waals surface area contributed by atoms with Crippen LogP contribution in [0.4, 0.5) is 0 Å². The van der Waals surface area contributed by atoms with Gasteiger partial charge in [0.2, 0.25) is 0 Å². The van der Waals surface area contributed by atoms with Crippen molar-refractivity contribution < 1.29 is 13.0 Å². The van der Waals surface area contributed by atoms with Crippen molar-refractivity contribution in [3.63, 3.8) is 0 Å². The second kappa shape index (κ2) is 4.11. The minimum absolute atomic E-state index is 0.0318. The van der Waals surface area contributed by atoms with E-state index in [1.807, 2.05) is 6.07 Å². The van der Waals surface area contributed by atoms with Gasteiger partial charge in [-0.15, -0.1) is 0 Å². The second-order valence-corrected chi connectivity index (χ2v) is 5.14. The maximum atomic E-state index is 10.8. The fraction of sp³-hybridized carbons (Fsp3) is 0.400. The van der Waals surface area contributed by atoms with Crippen LogP contribution in [-0.4, -0.2) is 13.0 Å². The molecule has 0 saturated carbocycles. The molecule has 3 nitrogen and oxygen atoms in total. The lowest BCUT2D eigenvalue weighted by atomic mass is 10.0. The molecular formula is C10H14O3S. The van der Waals surface area contributed by atoms with Gasteiger partial charge < -0.3 is 0 Å². The van der Waals surface area contributed by atoms with Crippen LogP contribution in [0.5, 0.6) is 0 Å². The minimum atomic E-state index is -4.06. The molecule has 0 aliphatic carbocycles. The third kappa shape index (κ3) is 3.12. The van der Waals surface area contributed by atoms with E-state index in [4.69, 9.17) is 4.55 Å².